The number of ether oxygens (including phenoxy) is 3. The number of Topliss-reactive ketones (excluding diaryl/α,β-unsaturated/α-hetero) is 1. The van der Waals surface area contributed by atoms with Crippen molar-refractivity contribution in [3.63, 3.8) is 0 Å². The Labute approximate surface area is 156 Å². The molecule has 0 unspecified atom stereocenters. The van der Waals surface area contributed by atoms with Gasteiger partial charge in [0.05, 0.1) is 0 Å². The zero-order valence-corrected chi connectivity index (χ0v) is 14.9. The van der Waals surface area contributed by atoms with Crippen molar-refractivity contribution in [2.24, 2.45) is 0 Å². The van der Waals surface area contributed by atoms with E-state index in [1.54, 1.807) is 0 Å². The second-order valence-electron chi connectivity index (χ2n) is 6.44. The second-order valence-corrected chi connectivity index (χ2v) is 6.44. The summed E-state index contributed by atoms with van der Waals surface area (Å²) in [6, 6.07) is 13.2. The number of H-pyrrole nitrogens is 1. The highest BCUT2D eigenvalue weighted by Crippen LogP contribution is 2.32. The van der Waals surface area contributed by atoms with Crippen molar-refractivity contribution in [2.45, 2.75) is 19.8 Å². The Morgan fingerprint density at radius 2 is 1.93 bits per heavy atom. The Morgan fingerprint density at radius 1 is 1.11 bits per heavy atom. The highest BCUT2D eigenvalue weighted by atomic mass is 16.7. The maximum Gasteiger partial charge on any atom is 0.306 e. The number of benzene rings is 2. The van der Waals surface area contributed by atoms with Crippen molar-refractivity contribution < 1.29 is 23.8 Å². The fourth-order valence-corrected chi connectivity index (χ4v) is 3.27. The van der Waals surface area contributed by atoms with E-state index >= 15 is 0 Å². The van der Waals surface area contributed by atoms with Gasteiger partial charge in [0.25, 0.3) is 0 Å². The zero-order valence-electron chi connectivity index (χ0n) is 14.9. The molecule has 0 radical (unpaired) electrons. The summed E-state index contributed by atoms with van der Waals surface area (Å²) in [6.07, 6.45) is 0.704. The van der Waals surface area contributed by atoms with Gasteiger partial charge in [-0.3, -0.25) is 9.59 Å². The summed E-state index contributed by atoms with van der Waals surface area (Å²) in [4.78, 5) is 27.7. The molecule has 2 heterocycles. The van der Waals surface area contributed by atoms with E-state index in [4.69, 9.17) is 14.2 Å². The molecule has 0 fully saturated rings. The van der Waals surface area contributed by atoms with E-state index in [9.17, 15) is 9.59 Å². The fourth-order valence-electron chi connectivity index (χ4n) is 3.27. The van der Waals surface area contributed by atoms with Gasteiger partial charge in [0.1, 0.15) is 0 Å². The first-order chi connectivity index (χ1) is 13.1. The third-order valence-electron chi connectivity index (χ3n) is 4.59. The number of fused-ring (bicyclic) bond motifs is 2. The number of ketones is 1. The summed E-state index contributed by atoms with van der Waals surface area (Å²) in [5.74, 6) is 0.784. The number of carbonyl (C=O) groups is 2. The summed E-state index contributed by atoms with van der Waals surface area (Å²) < 4.78 is 15.8. The van der Waals surface area contributed by atoms with Crippen molar-refractivity contribution in [3.05, 3.63) is 59.3 Å². The molecular formula is C21H19NO5. The predicted molar refractivity (Wildman–Crippen MR) is 99.2 cm³/mol. The molecule has 6 nitrogen and oxygen atoms in total. The van der Waals surface area contributed by atoms with E-state index in [1.165, 1.54) is 0 Å². The number of carbonyl (C=O) groups excluding carboxylic acids is 2. The van der Waals surface area contributed by atoms with Crippen molar-refractivity contribution in [3.8, 4) is 11.5 Å². The van der Waals surface area contributed by atoms with Crippen LogP contribution >= 0.6 is 0 Å². The lowest BCUT2D eigenvalue weighted by Gasteiger charge is -2.06. The minimum absolute atomic E-state index is 0.194. The Hall–Kier alpha value is -3.28. The monoisotopic (exact) mass is 365 g/mol. The van der Waals surface area contributed by atoms with Crippen LogP contribution in [0.1, 0.15) is 28.0 Å². The molecule has 138 valence electrons. The molecule has 1 aromatic heterocycles. The minimum Gasteiger partial charge on any atom is -0.457 e. The fraction of sp³-hybridized carbons (Fsp3) is 0.238. The summed E-state index contributed by atoms with van der Waals surface area (Å²) in [5, 5.41) is 0.844. The van der Waals surface area contributed by atoms with Crippen LogP contribution in [-0.2, 0) is 16.0 Å². The van der Waals surface area contributed by atoms with E-state index in [-0.39, 0.29) is 25.6 Å². The molecule has 27 heavy (non-hydrogen) atoms. The van der Waals surface area contributed by atoms with E-state index in [1.807, 2.05) is 49.4 Å². The maximum absolute atomic E-state index is 12.5. The lowest BCUT2D eigenvalue weighted by Crippen LogP contribution is -2.15. The first-order valence-corrected chi connectivity index (χ1v) is 8.76. The molecule has 0 saturated heterocycles. The molecule has 0 atom stereocenters. The lowest BCUT2D eigenvalue weighted by atomic mass is 10.1. The number of hydrogen-bond acceptors (Lipinski definition) is 5. The van der Waals surface area contributed by atoms with Crippen LogP contribution < -0.4 is 9.47 Å². The van der Waals surface area contributed by atoms with Gasteiger partial charge in [0.15, 0.2) is 18.1 Å². The Morgan fingerprint density at radius 3 is 2.81 bits per heavy atom. The molecule has 1 aliphatic rings. The summed E-state index contributed by atoms with van der Waals surface area (Å²) in [6.45, 7) is 1.80. The van der Waals surface area contributed by atoms with E-state index in [2.05, 4.69) is 4.98 Å². The molecule has 0 bridgehead atoms. The zero-order chi connectivity index (χ0) is 18.8. The molecule has 1 aliphatic heterocycles. The van der Waals surface area contributed by atoms with Crippen molar-refractivity contribution in [2.75, 3.05) is 13.4 Å². The third kappa shape index (κ3) is 3.51. The van der Waals surface area contributed by atoms with Gasteiger partial charge in [-0.15, -0.1) is 0 Å². The van der Waals surface area contributed by atoms with Crippen LogP contribution in [0.15, 0.2) is 42.5 Å². The third-order valence-corrected chi connectivity index (χ3v) is 4.59. The summed E-state index contributed by atoms with van der Waals surface area (Å²) >= 11 is 0. The SMILES string of the molecule is Cc1[nH]c2ccccc2c1C(=O)COC(=O)CCc1ccc2c(c1)OCO2. The van der Waals surface area contributed by atoms with Crippen LogP contribution in [0.25, 0.3) is 10.9 Å². The van der Waals surface area contributed by atoms with Gasteiger partial charge in [-0.05, 0) is 37.1 Å². The molecule has 1 N–H and O–H groups in total. The Balaban J connectivity index is 1.33. The van der Waals surface area contributed by atoms with Crippen molar-refractivity contribution >= 4 is 22.7 Å². The maximum atomic E-state index is 12.5. The second kappa shape index (κ2) is 7.15. The lowest BCUT2D eigenvalue weighted by molar-refractivity contribution is -0.142. The van der Waals surface area contributed by atoms with Crippen molar-refractivity contribution in [1.82, 2.24) is 4.98 Å². The van der Waals surface area contributed by atoms with Crippen LogP contribution in [0.2, 0.25) is 0 Å². The van der Waals surface area contributed by atoms with Crippen LogP contribution in [0.4, 0.5) is 0 Å². The van der Waals surface area contributed by atoms with Gasteiger partial charge in [-0.1, -0.05) is 24.3 Å². The topological polar surface area (TPSA) is 77.6 Å². The Bertz CT molecular complexity index is 1020. The average Bonchev–Trinajstić information content (AvgIpc) is 3.27. The van der Waals surface area contributed by atoms with Crippen LogP contribution in [0, 0.1) is 6.92 Å². The van der Waals surface area contributed by atoms with Crippen LogP contribution in [0.5, 0.6) is 11.5 Å². The summed E-state index contributed by atoms with van der Waals surface area (Å²) in [7, 11) is 0. The largest absolute Gasteiger partial charge is 0.457 e. The van der Waals surface area contributed by atoms with E-state index < -0.39 is 5.97 Å². The molecule has 4 rings (SSSR count). The number of hydrogen-bond donors (Lipinski definition) is 1. The number of rotatable bonds is 6. The van der Waals surface area contributed by atoms with E-state index in [0.717, 1.165) is 22.2 Å². The molecule has 3 aromatic rings. The van der Waals surface area contributed by atoms with Gasteiger partial charge in [0.2, 0.25) is 12.6 Å². The van der Waals surface area contributed by atoms with Crippen LogP contribution in [0.3, 0.4) is 0 Å². The van der Waals surface area contributed by atoms with Gasteiger partial charge in [-0.25, -0.2) is 0 Å². The molecule has 0 aliphatic carbocycles. The number of nitrogens with one attached hydrogen (secondary N) is 1. The molecule has 2 aromatic carbocycles. The average molecular weight is 365 g/mol. The highest BCUT2D eigenvalue weighted by molar-refractivity contribution is 6.10. The minimum atomic E-state index is -0.404. The number of aromatic amines is 1. The molecule has 0 amide bonds. The van der Waals surface area contributed by atoms with Gasteiger partial charge in [0, 0.05) is 28.6 Å². The number of para-hydroxylation sites is 1. The Kier molecular flexibility index (Phi) is 4.54. The van der Waals surface area contributed by atoms with E-state index in [0.29, 0.717) is 23.5 Å². The smallest absolute Gasteiger partial charge is 0.306 e. The molecule has 6 heteroatoms. The summed E-state index contributed by atoms with van der Waals surface area (Å²) in [5.41, 5.74) is 3.20. The predicted octanol–water partition coefficient (Wildman–Crippen LogP) is 3.56. The molecule has 0 saturated carbocycles. The molecule has 0 spiro atoms. The van der Waals surface area contributed by atoms with Gasteiger partial charge >= 0.3 is 5.97 Å². The normalized spacial score (nSPS) is 12.3. The standard InChI is InChI=1S/C21H19NO5/c1-13-21(15-4-2-3-5-16(15)22-13)17(23)11-25-20(24)9-7-14-6-8-18-19(10-14)27-12-26-18/h2-6,8,10,22H,7,9,11-12H2,1H3. The first kappa shape index (κ1) is 17.1. The molecular weight excluding hydrogens is 346 g/mol. The van der Waals surface area contributed by atoms with Gasteiger partial charge < -0.3 is 19.2 Å². The quantitative estimate of drug-likeness (QED) is 0.534. The number of esters is 1. The van der Waals surface area contributed by atoms with Crippen LogP contribution in [-0.4, -0.2) is 30.1 Å². The van der Waals surface area contributed by atoms with Crippen molar-refractivity contribution in [1.29, 1.82) is 0 Å². The van der Waals surface area contributed by atoms with Gasteiger partial charge in [-0.2, -0.15) is 0 Å². The first-order valence-electron chi connectivity index (χ1n) is 8.76. The highest BCUT2D eigenvalue weighted by Gasteiger charge is 2.18. The number of aryl methyl sites for hydroxylation is 2. The number of aromatic nitrogens is 1.